The van der Waals surface area contributed by atoms with E-state index in [1.165, 1.54) is 16.4 Å². The number of rotatable bonds is 3. The Morgan fingerprint density at radius 2 is 1.69 bits per heavy atom. The quantitative estimate of drug-likeness (QED) is 0.854. The average molecular weight is 376 g/mol. The fourth-order valence-corrected chi connectivity index (χ4v) is 4.71. The summed E-state index contributed by atoms with van der Waals surface area (Å²) in [6.07, 6.45) is 0. The Morgan fingerprint density at radius 1 is 1.00 bits per heavy atom. The van der Waals surface area contributed by atoms with Crippen molar-refractivity contribution in [2.24, 2.45) is 0 Å². The number of nitrogens with zero attached hydrogens (tertiary/aromatic N) is 2. The van der Waals surface area contributed by atoms with E-state index in [9.17, 15) is 12.8 Å². The molecule has 6 nitrogen and oxygen atoms in total. The number of fused-ring (bicyclic) bond motifs is 1. The molecule has 0 bridgehead atoms. The van der Waals surface area contributed by atoms with Crippen LogP contribution in [0.1, 0.15) is 11.1 Å². The molecule has 0 aromatic heterocycles. The van der Waals surface area contributed by atoms with E-state index in [2.05, 4.69) is 14.9 Å². The molecular formula is C18H21FN4O2S. The third kappa shape index (κ3) is 3.27. The van der Waals surface area contributed by atoms with Gasteiger partial charge in [-0.05, 0) is 29.8 Å². The van der Waals surface area contributed by atoms with Crippen molar-refractivity contribution in [3.8, 4) is 0 Å². The topological polar surface area (TPSA) is 64.7 Å². The van der Waals surface area contributed by atoms with Gasteiger partial charge in [0.15, 0.2) is 0 Å². The zero-order valence-electron chi connectivity index (χ0n) is 14.3. The Labute approximate surface area is 152 Å². The lowest BCUT2D eigenvalue weighted by atomic mass is 10.1. The maximum absolute atomic E-state index is 13.2. The molecule has 2 aromatic rings. The molecule has 0 atom stereocenters. The van der Waals surface area contributed by atoms with Gasteiger partial charge in [0.25, 0.3) is 0 Å². The number of piperazine rings is 1. The lowest BCUT2D eigenvalue weighted by Crippen LogP contribution is -2.47. The van der Waals surface area contributed by atoms with Gasteiger partial charge in [0.05, 0.1) is 12.2 Å². The maximum atomic E-state index is 13.2. The van der Waals surface area contributed by atoms with Gasteiger partial charge < -0.3 is 10.2 Å². The van der Waals surface area contributed by atoms with Gasteiger partial charge in [-0.2, -0.15) is 13.1 Å². The van der Waals surface area contributed by atoms with Gasteiger partial charge in [-0.1, -0.05) is 18.2 Å². The second-order valence-electron chi connectivity index (χ2n) is 6.47. The predicted molar refractivity (Wildman–Crippen MR) is 99.9 cm³/mol. The third-order valence-electron chi connectivity index (χ3n) is 4.81. The van der Waals surface area contributed by atoms with Crippen molar-refractivity contribution in [2.75, 3.05) is 35.4 Å². The average Bonchev–Trinajstić information content (AvgIpc) is 2.66. The second-order valence-corrected chi connectivity index (χ2v) is 8.15. The molecule has 2 heterocycles. The van der Waals surface area contributed by atoms with Crippen LogP contribution in [-0.4, -0.2) is 34.6 Å². The molecule has 0 spiro atoms. The zero-order valence-corrected chi connectivity index (χ0v) is 15.1. The maximum Gasteiger partial charge on any atom is 0.302 e. The summed E-state index contributed by atoms with van der Waals surface area (Å²) in [5, 5.41) is 3.33. The Morgan fingerprint density at radius 3 is 2.42 bits per heavy atom. The summed E-state index contributed by atoms with van der Waals surface area (Å²) in [5.41, 5.74) is 3.46. The van der Waals surface area contributed by atoms with Gasteiger partial charge in [-0.15, -0.1) is 0 Å². The van der Waals surface area contributed by atoms with Crippen LogP contribution in [0.15, 0.2) is 42.5 Å². The smallest absolute Gasteiger partial charge is 0.302 e. The summed E-state index contributed by atoms with van der Waals surface area (Å²) >= 11 is 0. The lowest BCUT2D eigenvalue weighted by Gasteiger charge is -2.36. The summed E-state index contributed by atoms with van der Waals surface area (Å²) in [6, 6.07) is 11.7. The van der Waals surface area contributed by atoms with Crippen molar-refractivity contribution in [1.29, 1.82) is 0 Å². The largest absolute Gasteiger partial charge is 0.369 e. The van der Waals surface area contributed by atoms with Gasteiger partial charge in [0.1, 0.15) is 5.82 Å². The minimum absolute atomic E-state index is 0.160. The van der Waals surface area contributed by atoms with E-state index in [4.69, 9.17) is 0 Å². The fraction of sp³-hybridized carbons (Fsp3) is 0.333. The van der Waals surface area contributed by atoms with Crippen LogP contribution < -0.4 is 19.2 Å². The zero-order chi connectivity index (χ0) is 18.1. The highest BCUT2D eigenvalue weighted by molar-refractivity contribution is 7.90. The van der Waals surface area contributed by atoms with Crippen LogP contribution in [0.25, 0.3) is 0 Å². The van der Waals surface area contributed by atoms with Crippen molar-refractivity contribution >= 4 is 21.6 Å². The number of hydrogen-bond donors (Lipinski definition) is 2. The first-order chi connectivity index (χ1) is 12.5. The minimum Gasteiger partial charge on any atom is -0.369 e. The summed E-state index contributed by atoms with van der Waals surface area (Å²) in [5.74, 6) is -0.338. The number of hydrogen-bond acceptors (Lipinski definition) is 4. The first-order valence-electron chi connectivity index (χ1n) is 8.64. The molecule has 0 amide bonds. The first-order valence-corrected chi connectivity index (χ1v) is 10.1. The van der Waals surface area contributed by atoms with Crippen LogP contribution in [0.5, 0.6) is 0 Å². The fourth-order valence-electron chi connectivity index (χ4n) is 3.48. The van der Waals surface area contributed by atoms with E-state index < -0.39 is 10.2 Å². The molecule has 8 heteroatoms. The van der Waals surface area contributed by atoms with E-state index in [0.29, 0.717) is 5.69 Å². The van der Waals surface area contributed by atoms with E-state index in [1.54, 1.807) is 12.1 Å². The Bertz CT molecular complexity index is 896. The van der Waals surface area contributed by atoms with Crippen molar-refractivity contribution in [2.45, 2.75) is 13.1 Å². The number of nitrogens with one attached hydrogen (secondary N) is 2. The molecule has 4 rings (SSSR count). The van der Waals surface area contributed by atoms with Crippen LogP contribution in [0.3, 0.4) is 0 Å². The molecule has 2 aliphatic rings. The van der Waals surface area contributed by atoms with Crippen LogP contribution >= 0.6 is 0 Å². The first kappa shape index (κ1) is 17.3. The second kappa shape index (κ2) is 6.86. The van der Waals surface area contributed by atoms with Crippen LogP contribution in [-0.2, 0) is 23.3 Å². The van der Waals surface area contributed by atoms with E-state index in [-0.39, 0.29) is 18.9 Å². The number of benzene rings is 2. The van der Waals surface area contributed by atoms with Crippen molar-refractivity contribution < 1.29 is 12.8 Å². The third-order valence-corrected chi connectivity index (χ3v) is 6.23. The molecule has 26 heavy (non-hydrogen) atoms. The normalized spacial score (nSPS) is 19.3. The molecule has 0 aliphatic carbocycles. The van der Waals surface area contributed by atoms with Crippen molar-refractivity contribution in [3.63, 3.8) is 0 Å². The Kier molecular flexibility index (Phi) is 4.56. The van der Waals surface area contributed by atoms with Gasteiger partial charge in [0.2, 0.25) is 0 Å². The van der Waals surface area contributed by atoms with E-state index in [0.717, 1.165) is 43.0 Å². The summed E-state index contributed by atoms with van der Waals surface area (Å²) in [4.78, 5) is 2.28. The Hall–Kier alpha value is -2.16. The summed E-state index contributed by atoms with van der Waals surface area (Å²) in [7, 11) is -3.63. The van der Waals surface area contributed by atoms with Gasteiger partial charge in [-0.3, -0.25) is 4.31 Å². The molecule has 0 saturated carbocycles. The lowest BCUT2D eigenvalue weighted by molar-refractivity contribution is 0.568. The molecule has 2 aromatic carbocycles. The van der Waals surface area contributed by atoms with Crippen LogP contribution in [0.4, 0.5) is 15.8 Å². The standard InChI is InChI=1S/C18H21FN4O2S/c19-15-6-4-14(5-7-15)13-23-18-3-1-2-17(22-10-8-20-9-11-22)16(18)12-21-26(23,24)25/h1-7,20-21H,8-13H2. The molecule has 0 radical (unpaired) electrons. The van der Waals surface area contributed by atoms with Crippen LogP contribution in [0.2, 0.25) is 0 Å². The number of halogens is 1. The minimum atomic E-state index is -3.63. The van der Waals surface area contributed by atoms with Gasteiger partial charge >= 0.3 is 10.2 Å². The molecule has 138 valence electrons. The monoisotopic (exact) mass is 376 g/mol. The predicted octanol–water partition coefficient (Wildman–Crippen LogP) is 1.59. The highest BCUT2D eigenvalue weighted by atomic mass is 32.2. The molecule has 2 N–H and O–H groups in total. The SMILES string of the molecule is O=S1(=O)NCc2c(N3CCNCC3)cccc2N1Cc1ccc(F)cc1. The number of anilines is 2. The molecule has 1 saturated heterocycles. The van der Waals surface area contributed by atoms with E-state index in [1.807, 2.05) is 18.2 Å². The van der Waals surface area contributed by atoms with Crippen LogP contribution in [0, 0.1) is 5.82 Å². The molecule has 2 aliphatic heterocycles. The van der Waals surface area contributed by atoms with Gasteiger partial charge in [-0.25, -0.2) is 4.39 Å². The van der Waals surface area contributed by atoms with Gasteiger partial charge in [0, 0.05) is 44.0 Å². The molecule has 1 fully saturated rings. The van der Waals surface area contributed by atoms with E-state index >= 15 is 0 Å². The highest BCUT2D eigenvalue weighted by Gasteiger charge is 2.31. The molecular weight excluding hydrogens is 355 g/mol. The van der Waals surface area contributed by atoms with Crippen molar-refractivity contribution in [3.05, 3.63) is 59.4 Å². The Balaban J connectivity index is 1.72. The summed E-state index contributed by atoms with van der Waals surface area (Å²) in [6.45, 7) is 4.04. The summed E-state index contributed by atoms with van der Waals surface area (Å²) < 4.78 is 42.4. The molecule has 0 unspecified atom stereocenters. The highest BCUT2D eigenvalue weighted by Crippen LogP contribution is 2.35. The van der Waals surface area contributed by atoms with Crippen molar-refractivity contribution in [1.82, 2.24) is 10.0 Å².